The van der Waals surface area contributed by atoms with Gasteiger partial charge in [-0.2, -0.15) is 28.5 Å². The van der Waals surface area contributed by atoms with Gasteiger partial charge in [0.05, 0.1) is 12.2 Å². The molecule has 3 aromatic heterocycles. The monoisotopic (exact) mass is 455 g/mol. The minimum absolute atomic E-state index is 0.145. The minimum Gasteiger partial charge on any atom is -0.306 e. The number of carbonyl (C=O) groups excluding carboxylic acids is 1. The van der Waals surface area contributed by atoms with Crippen molar-refractivity contribution in [2.75, 3.05) is 5.32 Å². The number of nitrogens with zero attached hydrogens (tertiary/aromatic N) is 6. The largest absolute Gasteiger partial charge is 0.435 e. The fraction of sp³-hybridized carbons (Fsp3) is 0.474. The van der Waals surface area contributed by atoms with E-state index in [2.05, 4.69) is 20.6 Å². The van der Waals surface area contributed by atoms with E-state index in [1.807, 2.05) is 24.7 Å². The summed E-state index contributed by atoms with van der Waals surface area (Å²) in [6.45, 7) is 4.70. The first-order chi connectivity index (χ1) is 14.7. The summed E-state index contributed by atoms with van der Waals surface area (Å²) in [6, 6.07) is 0. The molecule has 31 heavy (non-hydrogen) atoms. The van der Waals surface area contributed by atoms with Gasteiger partial charge in [0.1, 0.15) is 11.6 Å². The lowest BCUT2D eigenvalue weighted by Crippen LogP contribution is -2.22. The molecule has 1 aliphatic rings. The normalized spacial score (nSPS) is 13.6. The predicted octanol–water partition coefficient (Wildman–Crippen LogP) is 3.45. The van der Waals surface area contributed by atoms with Gasteiger partial charge in [-0.3, -0.25) is 18.8 Å². The van der Waals surface area contributed by atoms with Gasteiger partial charge < -0.3 is 5.32 Å². The molecule has 0 bridgehead atoms. The lowest BCUT2D eigenvalue weighted by Gasteiger charge is -2.06. The molecular weight excluding hydrogens is 435 g/mol. The topological polar surface area (TPSA) is 82.6 Å². The highest BCUT2D eigenvalue weighted by molar-refractivity contribution is 6.33. The number of fused-ring (bicyclic) bond motifs is 1. The Kier molecular flexibility index (Phi) is 5.54. The summed E-state index contributed by atoms with van der Waals surface area (Å²) in [5.74, 6) is -0.403. The van der Waals surface area contributed by atoms with Crippen molar-refractivity contribution in [1.82, 2.24) is 29.3 Å². The van der Waals surface area contributed by atoms with Gasteiger partial charge in [0, 0.05) is 35.8 Å². The second-order valence-corrected chi connectivity index (χ2v) is 7.86. The van der Waals surface area contributed by atoms with Crippen LogP contribution in [-0.4, -0.2) is 35.2 Å². The zero-order valence-corrected chi connectivity index (χ0v) is 17.8. The number of hydrogen-bond acceptors (Lipinski definition) is 4. The van der Waals surface area contributed by atoms with Crippen LogP contribution < -0.4 is 5.32 Å². The van der Waals surface area contributed by atoms with Crippen LogP contribution in [0, 0.1) is 6.92 Å². The first kappa shape index (κ1) is 21.4. The number of aromatic nitrogens is 6. The number of hydrogen-bond donors (Lipinski definition) is 1. The van der Waals surface area contributed by atoms with E-state index in [1.54, 1.807) is 10.9 Å². The Morgan fingerprint density at radius 3 is 2.65 bits per heavy atom. The van der Waals surface area contributed by atoms with Gasteiger partial charge in [-0.25, -0.2) is 0 Å². The minimum atomic E-state index is -4.54. The zero-order chi connectivity index (χ0) is 22.3. The van der Waals surface area contributed by atoms with Crippen molar-refractivity contribution >= 4 is 23.3 Å². The van der Waals surface area contributed by atoms with Crippen LogP contribution in [-0.2, 0) is 43.4 Å². The maximum absolute atomic E-state index is 13.2. The van der Waals surface area contributed by atoms with E-state index in [9.17, 15) is 18.0 Å². The molecule has 0 atom stereocenters. The predicted molar refractivity (Wildman–Crippen MR) is 107 cm³/mol. The second kappa shape index (κ2) is 8.03. The Morgan fingerprint density at radius 1 is 1.19 bits per heavy atom. The molecule has 3 heterocycles. The highest BCUT2D eigenvalue weighted by Gasteiger charge is 2.40. The van der Waals surface area contributed by atoms with Gasteiger partial charge in [-0.1, -0.05) is 11.6 Å². The van der Waals surface area contributed by atoms with Crippen molar-refractivity contribution in [1.29, 1.82) is 0 Å². The van der Waals surface area contributed by atoms with Gasteiger partial charge in [0.2, 0.25) is 5.91 Å². The van der Waals surface area contributed by atoms with Crippen molar-refractivity contribution in [2.45, 2.75) is 58.9 Å². The highest BCUT2D eigenvalue weighted by atomic mass is 35.5. The Bertz CT molecular complexity index is 1130. The van der Waals surface area contributed by atoms with E-state index >= 15 is 0 Å². The number of alkyl halides is 3. The Labute approximate surface area is 181 Å². The average molecular weight is 456 g/mol. The fourth-order valence-electron chi connectivity index (χ4n) is 3.79. The number of anilines is 1. The molecule has 1 N–H and O–H groups in total. The maximum Gasteiger partial charge on any atom is 0.435 e. The van der Waals surface area contributed by atoms with E-state index in [4.69, 9.17) is 11.6 Å². The number of amides is 1. The van der Waals surface area contributed by atoms with Crippen molar-refractivity contribution in [3.8, 4) is 0 Å². The van der Waals surface area contributed by atoms with Crippen LogP contribution >= 0.6 is 11.6 Å². The molecule has 1 amide bonds. The molecule has 12 heteroatoms. The van der Waals surface area contributed by atoms with Crippen LogP contribution in [0.4, 0.5) is 19.0 Å². The Balaban J connectivity index is 1.47. The molecule has 0 saturated carbocycles. The van der Waals surface area contributed by atoms with Crippen LogP contribution in [0.5, 0.6) is 0 Å². The molecule has 8 nitrogen and oxygen atoms in total. The zero-order valence-electron chi connectivity index (χ0n) is 17.0. The lowest BCUT2D eigenvalue weighted by molar-refractivity contribution is -0.142. The van der Waals surface area contributed by atoms with E-state index in [0.29, 0.717) is 31.5 Å². The average Bonchev–Trinajstić information content (AvgIpc) is 3.42. The molecule has 0 unspecified atom stereocenters. The number of carbonyl (C=O) groups is 1. The van der Waals surface area contributed by atoms with Gasteiger partial charge in [0.25, 0.3) is 0 Å². The summed E-state index contributed by atoms with van der Waals surface area (Å²) in [5, 5.41) is 15.1. The van der Waals surface area contributed by atoms with E-state index in [0.717, 1.165) is 22.5 Å². The molecule has 0 fully saturated rings. The van der Waals surface area contributed by atoms with Crippen molar-refractivity contribution in [3.05, 3.63) is 45.6 Å². The molecule has 0 aliphatic heterocycles. The summed E-state index contributed by atoms with van der Waals surface area (Å²) < 4.78 is 44.2. The van der Waals surface area contributed by atoms with Crippen LogP contribution in [0.2, 0.25) is 5.02 Å². The summed E-state index contributed by atoms with van der Waals surface area (Å²) in [7, 11) is 0. The number of nitrogens with one attached hydrogen (secondary N) is 1. The standard InChI is InChI=1S/C19H21ClF3N7O/c1-3-28-7-12(11(2)25-28)8-29-9-14(20)18(27-29)24-16(31)10-30-15-6-4-5-13(15)17(26-30)19(21,22)23/h7,9H,3-6,8,10H2,1-2H3,(H,24,27,31). The number of aryl methyl sites for hydroxylation is 2. The maximum atomic E-state index is 13.2. The van der Waals surface area contributed by atoms with Gasteiger partial charge in [-0.15, -0.1) is 0 Å². The molecular formula is C19H21ClF3N7O. The summed E-state index contributed by atoms with van der Waals surface area (Å²) in [4.78, 5) is 12.5. The summed E-state index contributed by atoms with van der Waals surface area (Å²) >= 11 is 6.20. The molecule has 4 rings (SSSR count). The van der Waals surface area contributed by atoms with E-state index in [-0.39, 0.29) is 22.9 Å². The second-order valence-electron chi connectivity index (χ2n) is 7.45. The van der Waals surface area contributed by atoms with Crippen molar-refractivity contribution in [2.24, 2.45) is 0 Å². The summed E-state index contributed by atoms with van der Waals surface area (Å²) in [5.41, 5.74) is 1.57. The van der Waals surface area contributed by atoms with Gasteiger partial charge in [0.15, 0.2) is 11.5 Å². The summed E-state index contributed by atoms with van der Waals surface area (Å²) in [6.07, 6.45) is 0.346. The third-order valence-corrected chi connectivity index (χ3v) is 5.52. The number of rotatable bonds is 6. The first-order valence-corrected chi connectivity index (χ1v) is 10.2. The van der Waals surface area contributed by atoms with Crippen LogP contribution in [0.1, 0.15) is 41.6 Å². The number of halogens is 4. The van der Waals surface area contributed by atoms with Crippen LogP contribution in [0.25, 0.3) is 0 Å². The molecule has 166 valence electrons. The third kappa shape index (κ3) is 4.32. The Hall–Kier alpha value is -2.82. The SMILES string of the molecule is CCn1cc(Cn2cc(Cl)c(NC(=O)Cn3nc(C(F)(F)F)c4c3CCC4)n2)c(C)n1. The molecule has 1 aliphatic carbocycles. The molecule has 3 aromatic rings. The third-order valence-electron chi connectivity index (χ3n) is 5.25. The van der Waals surface area contributed by atoms with Crippen LogP contribution in [0.15, 0.2) is 12.4 Å². The van der Waals surface area contributed by atoms with Crippen molar-refractivity contribution in [3.63, 3.8) is 0 Å². The molecule has 0 spiro atoms. The van der Waals surface area contributed by atoms with Gasteiger partial charge >= 0.3 is 6.18 Å². The molecule has 0 aromatic carbocycles. The molecule has 0 radical (unpaired) electrons. The van der Waals surface area contributed by atoms with E-state index in [1.165, 1.54) is 0 Å². The first-order valence-electron chi connectivity index (χ1n) is 9.87. The molecule has 0 saturated heterocycles. The Morgan fingerprint density at radius 2 is 1.97 bits per heavy atom. The van der Waals surface area contributed by atoms with Crippen LogP contribution in [0.3, 0.4) is 0 Å². The quantitative estimate of drug-likeness (QED) is 0.617. The van der Waals surface area contributed by atoms with E-state index < -0.39 is 17.8 Å². The highest BCUT2D eigenvalue weighted by Crippen LogP contribution is 2.36. The smallest absolute Gasteiger partial charge is 0.306 e. The fourth-order valence-corrected chi connectivity index (χ4v) is 3.99. The lowest BCUT2D eigenvalue weighted by atomic mass is 10.2. The van der Waals surface area contributed by atoms with Crippen molar-refractivity contribution < 1.29 is 18.0 Å². The van der Waals surface area contributed by atoms with Gasteiger partial charge in [-0.05, 0) is 33.1 Å².